The normalized spacial score (nSPS) is 17.7. The molecule has 144 valence electrons. The van der Waals surface area contributed by atoms with E-state index in [-0.39, 0.29) is 36.2 Å². The minimum Gasteiger partial charge on any atom is -0.481 e. The third kappa shape index (κ3) is 4.82. The second-order valence-corrected chi connectivity index (χ2v) is 8.87. The number of nitrogens with one attached hydrogen (secondary N) is 1. The number of amides is 1. The van der Waals surface area contributed by atoms with Crippen molar-refractivity contribution in [2.45, 2.75) is 51.0 Å². The van der Waals surface area contributed by atoms with Gasteiger partial charge in [0.2, 0.25) is 15.9 Å². The predicted molar refractivity (Wildman–Crippen MR) is 97.3 cm³/mol. The van der Waals surface area contributed by atoms with Crippen LogP contribution in [0.5, 0.6) is 0 Å². The molecule has 1 amide bonds. The van der Waals surface area contributed by atoms with Crippen LogP contribution in [0.4, 0.5) is 0 Å². The minimum atomic E-state index is -3.57. The van der Waals surface area contributed by atoms with Crippen molar-refractivity contribution >= 4 is 21.9 Å². The van der Waals surface area contributed by atoms with Crippen LogP contribution < -0.4 is 5.32 Å². The molecule has 7 nitrogen and oxygen atoms in total. The largest absolute Gasteiger partial charge is 0.481 e. The first kappa shape index (κ1) is 20.4. The smallest absolute Gasteiger partial charge is 0.305 e. The summed E-state index contributed by atoms with van der Waals surface area (Å²) in [6.45, 7) is 6.01. The third-order valence-electron chi connectivity index (χ3n) is 4.81. The van der Waals surface area contributed by atoms with Gasteiger partial charge in [-0.25, -0.2) is 8.42 Å². The van der Waals surface area contributed by atoms with Crippen LogP contribution in [0.15, 0.2) is 23.1 Å². The first-order valence-corrected chi connectivity index (χ1v) is 10.1. The van der Waals surface area contributed by atoms with Crippen molar-refractivity contribution in [3.8, 4) is 0 Å². The molecule has 0 saturated carbocycles. The van der Waals surface area contributed by atoms with E-state index < -0.39 is 22.0 Å². The molecule has 1 heterocycles. The van der Waals surface area contributed by atoms with Crippen molar-refractivity contribution in [2.75, 3.05) is 13.1 Å². The number of carboxylic acids is 1. The highest BCUT2D eigenvalue weighted by molar-refractivity contribution is 7.89. The molecule has 2 N–H and O–H groups in total. The molecule has 1 fully saturated rings. The van der Waals surface area contributed by atoms with Crippen molar-refractivity contribution < 1.29 is 23.1 Å². The first-order valence-electron chi connectivity index (χ1n) is 8.71. The minimum absolute atomic E-state index is 0.133. The lowest BCUT2D eigenvalue weighted by atomic mass is 9.97. The fourth-order valence-corrected chi connectivity index (χ4v) is 4.61. The number of rotatable bonds is 6. The van der Waals surface area contributed by atoms with Crippen molar-refractivity contribution in [3.63, 3.8) is 0 Å². The molecule has 2 rings (SSSR count). The Morgan fingerprint density at radius 3 is 2.38 bits per heavy atom. The maximum Gasteiger partial charge on any atom is 0.305 e. The Kier molecular flexibility index (Phi) is 6.41. The van der Waals surface area contributed by atoms with Gasteiger partial charge in [-0.3, -0.25) is 9.59 Å². The van der Waals surface area contributed by atoms with E-state index in [0.717, 1.165) is 11.1 Å². The van der Waals surface area contributed by atoms with Crippen LogP contribution >= 0.6 is 0 Å². The molecule has 1 aromatic rings. The van der Waals surface area contributed by atoms with Crippen molar-refractivity contribution in [1.29, 1.82) is 0 Å². The lowest BCUT2D eigenvalue weighted by Gasteiger charge is -2.31. The number of aryl methyl sites for hydroxylation is 2. The molecule has 1 aliphatic heterocycles. The molecular formula is C18H26N2O5S. The lowest BCUT2D eigenvalue weighted by molar-refractivity contribution is -0.137. The maximum atomic E-state index is 12.8. The number of piperidine rings is 1. The summed E-state index contributed by atoms with van der Waals surface area (Å²) >= 11 is 0. The molecule has 1 saturated heterocycles. The molecule has 0 radical (unpaired) electrons. The Labute approximate surface area is 154 Å². The second-order valence-electron chi connectivity index (χ2n) is 6.93. The fourth-order valence-electron chi connectivity index (χ4n) is 3.06. The third-order valence-corrected chi connectivity index (χ3v) is 6.70. The SMILES string of the molecule is Cc1ccc(S(=O)(=O)N2CCC(C(=O)NC(C)CC(=O)O)CC2)cc1C. The average molecular weight is 382 g/mol. The summed E-state index contributed by atoms with van der Waals surface area (Å²) in [6, 6.07) is 4.64. The van der Waals surface area contributed by atoms with Crippen LogP contribution in [0.1, 0.15) is 37.3 Å². The van der Waals surface area contributed by atoms with E-state index in [2.05, 4.69) is 5.32 Å². The first-order chi connectivity index (χ1) is 12.1. The van der Waals surface area contributed by atoms with Crippen LogP contribution in [0.25, 0.3) is 0 Å². The number of carbonyl (C=O) groups is 2. The molecule has 0 aliphatic carbocycles. The monoisotopic (exact) mass is 382 g/mol. The number of carbonyl (C=O) groups excluding carboxylic acids is 1. The molecule has 1 atom stereocenters. The van der Waals surface area contributed by atoms with E-state index in [9.17, 15) is 18.0 Å². The fraction of sp³-hybridized carbons (Fsp3) is 0.556. The number of aliphatic carboxylic acids is 1. The molecule has 1 unspecified atom stereocenters. The van der Waals surface area contributed by atoms with Crippen LogP contribution in [-0.4, -0.2) is 48.8 Å². The zero-order valence-corrected chi connectivity index (χ0v) is 16.2. The number of nitrogens with zero attached hydrogens (tertiary/aromatic N) is 1. The van der Waals surface area contributed by atoms with Gasteiger partial charge in [0, 0.05) is 25.0 Å². The Hall–Kier alpha value is -1.93. The van der Waals surface area contributed by atoms with Gasteiger partial charge in [0.1, 0.15) is 0 Å². The van der Waals surface area contributed by atoms with Gasteiger partial charge in [0.15, 0.2) is 0 Å². The van der Waals surface area contributed by atoms with E-state index in [1.165, 1.54) is 4.31 Å². The molecule has 1 aliphatic rings. The highest BCUT2D eigenvalue weighted by Gasteiger charge is 2.32. The topological polar surface area (TPSA) is 104 Å². The summed E-state index contributed by atoms with van der Waals surface area (Å²) in [5, 5.41) is 11.4. The summed E-state index contributed by atoms with van der Waals surface area (Å²) in [5.74, 6) is -1.47. The number of carboxylic acid groups (broad SMARTS) is 1. The predicted octanol–water partition coefficient (Wildman–Crippen LogP) is 1.68. The van der Waals surface area contributed by atoms with Crippen molar-refractivity contribution in [3.05, 3.63) is 29.3 Å². The second kappa shape index (κ2) is 8.18. The molecule has 0 spiro atoms. The summed E-state index contributed by atoms with van der Waals surface area (Å²) < 4.78 is 27.0. The molecule has 0 bridgehead atoms. The van der Waals surface area contributed by atoms with Gasteiger partial charge in [-0.1, -0.05) is 6.07 Å². The Morgan fingerprint density at radius 1 is 1.23 bits per heavy atom. The van der Waals surface area contributed by atoms with Gasteiger partial charge < -0.3 is 10.4 Å². The number of benzene rings is 1. The number of hydrogen-bond donors (Lipinski definition) is 2. The number of sulfonamides is 1. The van der Waals surface area contributed by atoms with Gasteiger partial charge >= 0.3 is 5.97 Å². The molecule has 1 aromatic carbocycles. The van der Waals surface area contributed by atoms with Crippen LogP contribution in [0.2, 0.25) is 0 Å². The summed E-state index contributed by atoms with van der Waals surface area (Å²) in [7, 11) is -3.57. The molecule has 26 heavy (non-hydrogen) atoms. The van der Waals surface area contributed by atoms with Crippen molar-refractivity contribution in [1.82, 2.24) is 9.62 Å². The van der Waals surface area contributed by atoms with E-state index in [0.29, 0.717) is 12.8 Å². The molecule has 8 heteroatoms. The lowest BCUT2D eigenvalue weighted by Crippen LogP contribution is -2.45. The van der Waals surface area contributed by atoms with E-state index in [1.54, 1.807) is 25.1 Å². The Bertz CT molecular complexity index is 783. The molecular weight excluding hydrogens is 356 g/mol. The van der Waals surface area contributed by atoms with Gasteiger partial charge in [0.25, 0.3) is 0 Å². The van der Waals surface area contributed by atoms with E-state index >= 15 is 0 Å². The maximum absolute atomic E-state index is 12.8. The standard InChI is InChI=1S/C18H26N2O5S/c1-12-4-5-16(10-13(12)2)26(24,25)20-8-6-15(7-9-20)18(23)19-14(3)11-17(21)22/h4-5,10,14-15H,6-9,11H2,1-3H3,(H,19,23)(H,21,22). The van der Waals surface area contributed by atoms with Gasteiger partial charge in [-0.05, 0) is 56.9 Å². The zero-order valence-electron chi connectivity index (χ0n) is 15.4. The quantitative estimate of drug-likeness (QED) is 0.779. The summed E-state index contributed by atoms with van der Waals surface area (Å²) in [4.78, 5) is 23.2. The van der Waals surface area contributed by atoms with Crippen LogP contribution in [-0.2, 0) is 19.6 Å². The molecule has 0 aromatic heterocycles. The Morgan fingerprint density at radius 2 is 1.85 bits per heavy atom. The van der Waals surface area contributed by atoms with E-state index in [1.807, 2.05) is 13.8 Å². The van der Waals surface area contributed by atoms with Gasteiger partial charge in [-0.2, -0.15) is 4.31 Å². The highest BCUT2D eigenvalue weighted by Crippen LogP contribution is 2.25. The van der Waals surface area contributed by atoms with Crippen molar-refractivity contribution in [2.24, 2.45) is 5.92 Å². The Balaban J connectivity index is 1.97. The highest BCUT2D eigenvalue weighted by atomic mass is 32.2. The van der Waals surface area contributed by atoms with Gasteiger partial charge in [0.05, 0.1) is 11.3 Å². The average Bonchev–Trinajstić information content (AvgIpc) is 2.56. The number of hydrogen-bond acceptors (Lipinski definition) is 4. The van der Waals surface area contributed by atoms with Crippen LogP contribution in [0.3, 0.4) is 0 Å². The van der Waals surface area contributed by atoms with Gasteiger partial charge in [-0.15, -0.1) is 0 Å². The van der Waals surface area contributed by atoms with Crippen LogP contribution in [0, 0.1) is 19.8 Å². The zero-order chi connectivity index (χ0) is 19.5. The summed E-state index contributed by atoms with van der Waals surface area (Å²) in [5.41, 5.74) is 1.96. The summed E-state index contributed by atoms with van der Waals surface area (Å²) in [6.07, 6.45) is 0.719. The van der Waals surface area contributed by atoms with E-state index in [4.69, 9.17) is 5.11 Å².